The molecule has 0 saturated heterocycles. The van der Waals surface area contributed by atoms with Crippen LogP contribution < -0.4 is 5.32 Å². The summed E-state index contributed by atoms with van der Waals surface area (Å²) in [5.74, 6) is 1.12. The Balaban J connectivity index is 1.82. The average molecular weight is 249 g/mol. The molecule has 1 N–H and O–H groups in total. The van der Waals surface area contributed by atoms with Crippen molar-refractivity contribution in [3.05, 3.63) is 40.6 Å². The molecule has 92 valence electrons. The van der Waals surface area contributed by atoms with E-state index < -0.39 is 0 Å². The van der Waals surface area contributed by atoms with Crippen LogP contribution in [0.3, 0.4) is 0 Å². The molecule has 2 aromatic heterocycles. The molecule has 17 heavy (non-hydrogen) atoms. The molecular weight excluding hydrogens is 230 g/mol. The minimum absolute atomic E-state index is 0.482. The van der Waals surface area contributed by atoms with Crippen LogP contribution in [0.5, 0.6) is 0 Å². The third-order valence-corrected chi connectivity index (χ3v) is 3.74. The molecule has 1 atom stereocenters. The zero-order chi connectivity index (χ0) is 12.1. The van der Waals surface area contributed by atoms with Gasteiger partial charge in [-0.15, -0.1) is 11.3 Å². The predicted molar refractivity (Wildman–Crippen MR) is 72.2 cm³/mol. The van der Waals surface area contributed by atoms with Crippen LogP contribution in [-0.2, 0) is 19.5 Å². The van der Waals surface area contributed by atoms with E-state index in [1.165, 1.54) is 4.88 Å². The minimum Gasteiger partial charge on any atom is -0.334 e. The molecule has 0 aliphatic rings. The van der Waals surface area contributed by atoms with Crippen LogP contribution in [0.4, 0.5) is 0 Å². The maximum absolute atomic E-state index is 4.36. The molecule has 0 aliphatic carbocycles. The van der Waals surface area contributed by atoms with Crippen LogP contribution >= 0.6 is 11.3 Å². The first-order valence-electron chi connectivity index (χ1n) is 6.05. The summed E-state index contributed by atoms with van der Waals surface area (Å²) in [4.78, 5) is 5.79. The van der Waals surface area contributed by atoms with Gasteiger partial charge in [-0.25, -0.2) is 4.98 Å². The summed E-state index contributed by atoms with van der Waals surface area (Å²) in [6.45, 7) is 6.18. The van der Waals surface area contributed by atoms with Gasteiger partial charge in [0.1, 0.15) is 5.82 Å². The second kappa shape index (κ2) is 5.98. The summed E-state index contributed by atoms with van der Waals surface area (Å²) in [7, 11) is 0. The van der Waals surface area contributed by atoms with Crippen molar-refractivity contribution in [1.82, 2.24) is 14.9 Å². The third-order valence-electron chi connectivity index (χ3n) is 2.84. The number of nitrogens with one attached hydrogen (secondary N) is 1. The normalized spacial score (nSPS) is 12.8. The Morgan fingerprint density at radius 1 is 1.53 bits per heavy atom. The van der Waals surface area contributed by atoms with Crippen molar-refractivity contribution >= 4 is 11.3 Å². The Morgan fingerprint density at radius 3 is 3.12 bits per heavy atom. The van der Waals surface area contributed by atoms with Crippen molar-refractivity contribution in [2.24, 2.45) is 0 Å². The zero-order valence-electron chi connectivity index (χ0n) is 10.4. The van der Waals surface area contributed by atoms with E-state index in [4.69, 9.17) is 0 Å². The maximum Gasteiger partial charge on any atom is 0.122 e. The summed E-state index contributed by atoms with van der Waals surface area (Å²) in [6, 6.07) is 4.78. The number of hydrogen-bond acceptors (Lipinski definition) is 3. The average Bonchev–Trinajstić information content (AvgIpc) is 2.96. The molecule has 2 rings (SSSR count). The highest BCUT2D eigenvalue weighted by molar-refractivity contribution is 7.09. The number of hydrogen-bond donors (Lipinski definition) is 1. The second-order valence-electron chi connectivity index (χ2n) is 4.19. The summed E-state index contributed by atoms with van der Waals surface area (Å²) in [5, 5.41) is 5.65. The van der Waals surface area contributed by atoms with Gasteiger partial charge in [0, 0.05) is 29.9 Å². The van der Waals surface area contributed by atoms with Crippen molar-refractivity contribution in [3.8, 4) is 0 Å². The fourth-order valence-corrected chi connectivity index (χ4v) is 2.70. The Morgan fingerprint density at radius 2 is 2.41 bits per heavy atom. The molecule has 2 aromatic rings. The van der Waals surface area contributed by atoms with E-state index in [1.807, 2.05) is 23.7 Å². The molecule has 0 bridgehead atoms. The highest BCUT2D eigenvalue weighted by atomic mass is 32.1. The fourth-order valence-electron chi connectivity index (χ4n) is 1.86. The predicted octanol–water partition coefficient (Wildman–Crippen LogP) is 2.69. The number of thiophene rings is 1. The van der Waals surface area contributed by atoms with Crippen LogP contribution in [0.25, 0.3) is 0 Å². The van der Waals surface area contributed by atoms with Crippen LogP contribution in [-0.4, -0.2) is 15.6 Å². The van der Waals surface area contributed by atoms with E-state index in [9.17, 15) is 0 Å². The van der Waals surface area contributed by atoms with Crippen molar-refractivity contribution in [3.63, 3.8) is 0 Å². The van der Waals surface area contributed by atoms with Crippen LogP contribution in [0.15, 0.2) is 29.9 Å². The molecule has 1 unspecified atom stereocenters. The molecule has 0 saturated carbocycles. The van der Waals surface area contributed by atoms with Crippen LogP contribution in [0.1, 0.15) is 24.5 Å². The number of imidazole rings is 1. The van der Waals surface area contributed by atoms with Crippen molar-refractivity contribution in [1.29, 1.82) is 0 Å². The van der Waals surface area contributed by atoms with Crippen molar-refractivity contribution in [2.45, 2.75) is 39.4 Å². The van der Waals surface area contributed by atoms with Crippen LogP contribution in [0, 0.1) is 0 Å². The molecule has 0 amide bonds. The Kier molecular flexibility index (Phi) is 4.34. The van der Waals surface area contributed by atoms with Gasteiger partial charge in [0.15, 0.2) is 0 Å². The Labute approximate surface area is 107 Å². The Hall–Kier alpha value is -1.13. The van der Waals surface area contributed by atoms with E-state index in [0.29, 0.717) is 6.04 Å². The van der Waals surface area contributed by atoms with E-state index in [-0.39, 0.29) is 0 Å². The smallest absolute Gasteiger partial charge is 0.122 e. The van der Waals surface area contributed by atoms with Crippen molar-refractivity contribution in [2.75, 3.05) is 0 Å². The second-order valence-corrected chi connectivity index (χ2v) is 5.23. The monoisotopic (exact) mass is 249 g/mol. The van der Waals surface area contributed by atoms with Gasteiger partial charge in [0.05, 0.1) is 6.54 Å². The van der Waals surface area contributed by atoms with Gasteiger partial charge in [-0.2, -0.15) is 0 Å². The van der Waals surface area contributed by atoms with E-state index in [0.717, 1.165) is 25.3 Å². The van der Waals surface area contributed by atoms with E-state index >= 15 is 0 Å². The maximum atomic E-state index is 4.36. The lowest BCUT2D eigenvalue weighted by Crippen LogP contribution is -2.28. The lowest BCUT2D eigenvalue weighted by Gasteiger charge is -2.13. The van der Waals surface area contributed by atoms with Crippen molar-refractivity contribution < 1.29 is 0 Å². The van der Waals surface area contributed by atoms with Gasteiger partial charge in [0.25, 0.3) is 0 Å². The first kappa shape index (κ1) is 12.3. The quantitative estimate of drug-likeness (QED) is 0.853. The van der Waals surface area contributed by atoms with Gasteiger partial charge in [0.2, 0.25) is 0 Å². The summed E-state index contributed by atoms with van der Waals surface area (Å²) in [5.41, 5.74) is 0. The molecular formula is C13H19N3S. The topological polar surface area (TPSA) is 29.9 Å². The highest BCUT2D eigenvalue weighted by Crippen LogP contribution is 2.11. The van der Waals surface area contributed by atoms with Crippen LogP contribution in [0.2, 0.25) is 0 Å². The van der Waals surface area contributed by atoms with E-state index in [2.05, 4.69) is 46.2 Å². The molecule has 4 heteroatoms. The standard InChI is InChI=1S/C13H19N3S/c1-3-16-7-6-14-13(16)10-15-11(2)9-12-5-4-8-17-12/h4-8,11,15H,3,9-10H2,1-2H3. The van der Waals surface area contributed by atoms with Gasteiger partial charge < -0.3 is 9.88 Å². The Bertz CT molecular complexity index is 433. The first-order chi connectivity index (χ1) is 8.29. The molecule has 2 heterocycles. The molecule has 0 radical (unpaired) electrons. The molecule has 0 spiro atoms. The third kappa shape index (κ3) is 3.41. The summed E-state index contributed by atoms with van der Waals surface area (Å²) < 4.78 is 2.17. The zero-order valence-corrected chi connectivity index (χ0v) is 11.2. The SMILES string of the molecule is CCn1ccnc1CNC(C)Cc1cccs1. The lowest BCUT2D eigenvalue weighted by atomic mass is 10.2. The largest absolute Gasteiger partial charge is 0.334 e. The molecule has 0 aliphatic heterocycles. The van der Waals surface area contributed by atoms with Gasteiger partial charge in [-0.3, -0.25) is 0 Å². The number of aromatic nitrogens is 2. The molecule has 0 aromatic carbocycles. The molecule has 0 fully saturated rings. The lowest BCUT2D eigenvalue weighted by molar-refractivity contribution is 0.521. The number of nitrogens with zero attached hydrogens (tertiary/aromatic N) is 2. The van der Waals surface area contributed by atoms with Gasteiger partial charge in [-0.05, 0) is 31.7 Å². The van der Waals surface area contributed by atoms with E-state index in [1.54, 1.807) is 0 Å². The van der Waals surface area contributed by atoms with Gasteiger partial charge in [-0.1, -0.05) is 6.07 Å². The molecule has 3 nitrogen and oxygen atoms in total. The summed E-state index contributed by atoms with van der Waals surface area (Å²) in [6.07, 6.45) is 4.98. The summed E-state index contributed by atoms with van der Waals surface area (Å²) >= 11 is 1.82. The number of rotatable bonds is 6. The van der Waals surface area contributed by atoms with Gasteiger partial charge >= 0.3 is 0 Å². The highest BCUT2D eigenvalue weighted by Gasteiger charge is 2.06. The first-order valence-corrected chi connectivity index (χ1v) is 6.93. The fraction of sp³-hybridized carbons (Fsp3) is 0.462. The number of aryl methyl sites for hydroxylation is 1. The minimum atomic E-state index is 0.482.